The summed E-state index contributed by atoms with van der Waals surface area (Å²) in [6, 6.07) is 2.97. The zero-order chi connectivity index (χ0) is 20.4. The van der Waals surface area contributed by atoms with Crippen molar-refractivity contribution >= 4 is 0 Å². The largest absolute Gasteiger partial charge is 0.483 e. The Balaban J connectivity index is 1.33. The van der Waals surface area contributed by atoms with E-state index in [-0.39, 0.29) is 18.3 Å². The molecule has 29 heavy (non-hydrogen) atoms. The van der Waals surface area contributed by atoms with Crippen molar-refractivity contribution in [1.29, 1.82) is 0 Å². The highest BCUT2D eigenvalue weighted by Gasteiger charge is 2.38. The lowest BCUT2D eigenvalue weighted by atomic mass is 9.61. The van der Waals surface area contributed by atoms with Crippen LogP contribution < -0.4 is 4.74 Å². The van der Waals surface area contributed by atoms with Crippen molar-refractivity contribution in [3.05, 3.63) is 42.0 Å². The second kappa shape index (κ2) is 9.18. The van der Waals surface area contributed by atoms with Crippen molar-refractivity contribution in [2.75, 3.05) is 6.61 Å². The Bertz CT molecular complexity index is 684. The Hall–Kier alpha value is -1.38. The average Bonchev–Trinajstić information content (AvgIpc) is 2.73. The summed E-state index contributed by atoms with van der Waals surface area (Å²) in [4.78, 5) is 0. The van der Waals surface area contributed by atoms with Gasteiger partial charge in [-0.1, -0.05) is 26.0 Å². The molecule has 3 saturated carbocycles. The summed E-state index contributed by atoms with van der Waals surface area (Å²) in [6.45, 7) is 6.06. The van der Waals surface area contributed by atoms with Gasteiger partial charge in [-0.05, 0) is 111 Å². The minimum absolute atomic E-state index is 0.112. The van der Waals surface area contributed by atoms with Gasteiger partial charge in [0.25, 0.3) is 0 Å². The summed E-state index contributed by atoms with van der Waals surface area (Å²) < 4.78 is 33.8. The normalized spacial score (nSPS) is 35.0. The Labute approximate surface area is 174 Å². The Morgan fingerprint density at radius 3 is 2.07 bits per heavy atom. The fraction of sp³-hybridized carbons (Fsp3) is 0.692. The van der Waals surface area contributed by atoms with E-state index in [1.807, 2.05) is 0 Å². The van der Waals surface area contributed by atoms with Crippen molar-refractivity contribution < 1.29 is 13.5 Å². The monoisotopic (exact) mass is 402 g/mol. The summed E-state index contributed by atoms with van der Waals surface area (Å²) in [7, 11) is 0. The summed E-state index contributed by atoms with van der Waals surface area (Å²) in [5, 5.41) is 0. The first-order valence-electron chi connectivity index (χ1n) is 11.8. The molecule has 3 aliphatic carbocycles. The third kappa shape index (κ3) is 4.70. The van der Waals surface area contributed by atoms with E-state index >= 15 is 0 Å². The molecule has 4 rings (SSSR count). The molecule has 4 unspecified atom stereocenters. The van der Waals surface area contributed by atoms with Gasteiger partial charge >= 0.3 is 0 Å². The van der Waals surface area contributed by atoms with Gasteiger partial charge < -0.3 is 4.74 Å². The molecule has 3 aliphatic rings. The lowest BCUT2D eigenvalue weighted by molar-refractivity contribution is 0.0672. The maximum atomic E-state index is 14.3. The molecule has 0 amide bonds. The lowest BCUT2D eigenvalue weighted by Gasteiger charge is -2.45. The van der Waals surface area contributed by atoms with Crippen LogP contribution >= 0.6 is 0 Å². The fourth-order valence-electron chi connectivity index (χ4n) is 6.61. The minimum atomic E-state index is -0.589. The molecule has 1 nitrogen and oxygen atoms in total. The van der Waals surface area contributed by atoms with Crippen molar-refractivity contribution in [2.45, 2.75) is 77.0 Å². The highest BCUT2D eigenvalue weighted by Crippen LogP contribution is 2.50. The predicted molar refractivity (Wildman–Crippen MR) is 114 cm³/mol. The molecule has 0 aliphatic heterocycles. The standard InChI is InChI=1S/C26H36F2O/c1-3-12-29-26-24(27)15-23(16-25(26)28)19-8-6-18(7-9-19)21-11-10-20-13-17(2)4-5-22(20)14-21/h3,15-22H,1,4-14H2,2H3. The second-order valence-electron chi connectivity index (χ2n) is 10.0. The van der Waals surface area contributed by atoms with E-state index < -0.39 is 11.6 Å². The van der Waals surface area contributed by atoms with E-state index in [0.29, 0.717) is 0 Å². The van der Waals surface area contributed by atoms with Crippen molar-refractivity contribution in [3.8, 4) is 5.75 Å². The molecular weight excluding hydrogens is 366 g/mol. The van der Waals surface area contributed by atoms with E-state index in [2.05, 4.69) is 13.5 Å². The van der Waals surface area contributed by atoms with Gasteiger partial charge in [0, 0.05) is 0 Å². The summed E-state index contributed by atoms with van der Waals surface area (Å²) >= 11 is 0. The number of rotatable bonds is 5. The van der Waals surface area contributed by atoms with Crippen LogP contribution in [0, 0.1) is 41.2 Å². The van der Waals surface area contributed by atoms with Gasteiger partial charge in [0.2, 0.25) is 0 Å². The van der Waals surface area contributed by atoms with Gasteiger partial charge in [0.15, 0.2) is 17.4 Å². The molecule has 0 heterocycles. The van der Waals surface area contributed by atoms with Crippen LogP contribution in [0.2, 0.25) is 0 Å². The van der Waals surface area contributed by atoms with Gasteiger partial charge in [-0.15, -0.1) is 0 Å². The first-order valence-corrected chi connectivity index (χ1v) is 11.8. The van der Waals surface area contributed by atoms with Crippen molar-refractivity contribution in [2.24, 2.45) is 29.6 Å². The number of fused-ring (bicyclic) bond motifs is 1. The van der Waals surface area contributed by atoms with Gasteiger partial charge in [-0.25, -0.2) is 8.78 Å². The van der Waals surface area contributed by atoms with E-state index in [1.54, 1.807) is 0 Å². The molecule has 1 aromatic rings. The van der Waals surface area contributed by atoms with Gasteiger partial charge in [-0.3, -0.25) is 0 Å². The number of hydrogen-bond donors (Lipinski definition) is 0. The van der Waals surface area contributed by atoms with Crippen LogP contribution in [-0.2, 0) is 0 Å². The Kier molecular flexibility index (Phi) is 6.61. The van der Waals surface area contributed by atoms with E-state index in [9.17, 15) is 8.78 Å². The molecule has 3 fully saturated rings. The molecular formula is C26H36F2O. The van der Waals surface area contributed by atoms with Gasteiger partial charge in [0.1, 0.15) is 6.61 Å². The fourth-order valence-corrected chi connectivity index (χ4v) is 6.61. The van der Waals surface area contributed by atoms with E-state index in [1.165, 1.54) is 69.6 Å². The molecule has 3 heteroatoms. The molecule has 0 radical (unpaired) electrons. The van der Waals surface area contributed by atoms with Gasteiger partial charge in [0.05, 0.1) is 0 Å². The Morgan fingerprint density at radius 1 is 0.862 bits per heavy atom. The number of halogens is 2. The highest BCUT2D eigenvalue weighted by atomic mass is 19.1. The van der Waals surface area contributed by atoms with Crippen LogP contribution in [0.4, 0.5) is 8.78 Å². The maximum absolute atomic E-state index is 14.3. The number of hydrogen-bond acceptors (Lipinski definition) is 1. The van der Waals surface area contributed by atoms with Gasteiger partial charge in [-0.2, -0.15) is 0 Å². The molecule has 160 valence electrons. The third-order valence-corrected chi connectivity index (χ3v) is 8.19. The molecule has 4 atom stereocenters. The average molecular weight is 403 g/mol. The quantitative estimate of drug-likeness (QED) is 0.459. The van der Waals surface area contributed by atoms with Crippen LogP contribution in [0.25, 0.3) is 0 Å². The lowest BCUT2D eigenvalue weighted by Crippen LogP contribution is -2.34. The van der Waals surface area contributed by atoms with Crippen LogP contribution in [0.15, 0.2) is 24.8 Å². The van der Waals surface area contributed by atoms with E-state index in [4.69, 9.17) is 4.74 Å². The molecule has 1 aromatic carbocycles. The summed E-state index contributed by atoms with van der Waals surface area (Å²) in [6.07, 6.45) is 14.6. The van der Waals surface area contributed by atoms with Crippen molar-refractivity contribution in [3.63, 3.8) is 0 Å². The third-order valence-electron chi connectivity index (χ3n) is 8.19. The molecule has 0 N–H and O–H groups in total. The highest BCUT2D eigenvalue weighted by molar-refractivity contribution is 5.33. The Morgan fingerprint density at radius 2 is 1.41 bits per heavy atom. The van der Waals surface area contributed by atoms with Crippen molar-refractivity contribution in [1.82, 2.24) is 0 Å². The van der Waals surface area contributed by atoms with Crippen LogP contribution in [-0.4, -0.2) is 6.61 Å². The second-order valence-corrected chi connectivity index (χ2v) is 10.0. The molecule has 0 bridgehead atoms. The number of ether oxygens (including phenoxy) is 1. The zero-order valence-corrected chi connectivity index (χ0v) is 17.8. The maximum Gasteiger partial charge on any atom is 0.191 e. The van der Waals surface area contributed by atoms with Crippen LogP contribution in [0.3, 0.4) is 0 Å². The first kappa shape index (κ1) is 20.9. The first-order chi connectivity index (χ1) is 14.0. The SMILES string of the molecule is C=CCOc1c(F)cc(C2CCC(C3CCC4CC(C)CCC4C3)CC2)cc1F. The van der Waals surface area contributed by atoms with Crippen LogP contribution in [0.1, 0.15) is 82.6 Å². The zero-order valence-electron chi connectivity index (χ0n) is 17.8. The summed E-state index contributed by atoms with van der Waals surface area (Å²) in [5.41, 5.74) is 0.800. The smallest absolute Gasteiger partial charge is 0.191 e. The van der Waals surface area contributed by atoms with E-state index in [0.717, 1.165) is 48.0 Å². The molecule has 0 spiro atoms. The minimum Gasteiger partial charge on any atom is -0.483 e. The number of benzene rings is 1. The van der Waals surface area contributed by atoms with Crippen LogP contribution in [0.5, 0.6) is 5.75 Å². The topological polar surface area (TPSA) is 9.23 Å². The predicted octanol–water partition coefficient (Wildman–Crippen LogP) is 7.66. The molecule has 0 saturated heterocycles. The molecule has 0 aromatic heterocycles. The summed E-state index contributed by atoms with van der Waals surface area (Å²) in [5.74, 6) is 3.40.